The second-order valence-electron chi connectivity index (χ2n) is 11.1. The van der Waals surface area contributed by atoms with E-state index in [0.717, 1.165) is 30.2 Å². The number of pyridine rings is 2. The molecule has 0 bridgehead atoms. The third-order valence-corrected chi connectivity index (χ3v) is 8.38. The van der Waals surface area contributed by atoms with Crippen LogP contribution < -0.4 is 9.80 Å². The molecular weight excluding hydrogens is 502 g/mol. The number of aryl methyl sites for hydroxylation is 1. The summed E-state index contributed by atoms with van der Waals surface area (Å²) in [4.78, 5) is 52.0. The van der Waals surface area contributed by atoms with E-state index in [2.05, 4.69) is 20.0 Å². The average molecular weight is 534 g/mol. The van der Waals surface area contributed by atoms with Crippen LogP contribution in [0.15, 0.2) is 30.5 Å². The van der Waals surface area contributed by atoms with Gasteiger partial charge in [0.25, 0.3) is 5.91 Å². The molecule has 204 valence electrons. The van der Waals surface area contributed by atoms with Crippen molar-refractivity contribution in [3.05, 3.63) is 47.5 Å². The highest BCUT2D eigenvalue weighted by Crippen LogP contribution is 2.35. The maximum absolute atomic E-state index is 13.4. The number of esters is 1. The molecule has 12 nitrogen and oxygen atoms in total. The lowest BCUT2D eigenvalue weighted by Crippen LogP contribution is -2.34. The van der Waals surface area contributed by atoms with Gasteiger partial charge in [-0.3, -0.25) is 9.59 Å². The highest BCUT2D eigenvalue weighted by molar-refractivity contribution is 5.91. The topological polar surface area (TPSA) is 133 Å². The van der Waals surface area contributed by atoms with Crippen LogP contribution in [0.25, 0.3) is 5.65 Å². The van der Waals surface area contributed by atoms with E-state index in [1.54, 1.807) is 23.6 Å². The number of anilines is 2. The summed E-state index contributed by atoms with van der Waals surface area (Å²) in [6.45, 7) is 7.47. The molecule has 0 radical (unpaired) electrons. The maximum atomic E-state index is 13.4. The summed E-state index contributed by atoms with van der Waals surface area (Å²) in [5, 5.41) is 14.1. The van der Waals surface area contributed by atoms with Crippen LogP contribution in [0.3, 0.4) is 0 Å². The van der Waals surface area contributed by atoms with Crippen molar-refractivity contribution in [2.24, 2.45) is 17.3 Å². The molecule has 3 aromatic rings. The number of nitrogens with zero attached hydrogens (tertiary/aromatic N) is 7. The van der Waals surface area contributed by atoms with Crippen molar-refractivity contribution in [3.8, 4) is 0 Å². The molecular formula is C27H31N7O5. The van der Waals surface area contributed by atoms with Crippen molar-refractivity contribution >= 4 is 35.0 Å². The lowest BCUT2D eigenvalue weighted by Gasteiger charge is -2.22. The highest BCUT2D eigenvalue weighted by atomic mass is 16.5. The van der Waals surface area contributed by atoms with Gasteiger partial charge in [0.15, 0.2) is 11.3 Å². The molecule has 3 saturated heterocycles. The Labute approximate surface area is 225 Å². The lowest BCUT2D eigenvalue weighted by molar-refractivity contribution is -0.146. The maximum Gasteiger partial charge on any atom is 0.356 e. The molecule has 6 rings (SSSR count). The molecule has 3 atom stereocenters. The van der Waals surface area contributed by atoms with E-state index < -0.39 is 17.4 Å². The first-order valence-electron chi connectivity index (χ1n) is 13.1. The molecule has 0 spiro atoms. The van der Waals surface area contributed by atoms with Gasteiger partial charge in [0.1, 0.15) is 5.82 Å². The molecule has 3 aliphatic rings. The van der Waals surface area contributed by atoms with E-state index in [1.165, 1.54) is 7.11 Å². The summed E-state index contributed by atoms with van der Waals surface area (Å²) in [7, 11) is 1.34. The zero-order valence-electron chi connectivity index (χ0n) is 22.2. The molecule has 1 N–H and O–H groups in total. The number of ether oxygens (including phenoxy) is 1. The minimum atomic E-state index is -0.791. The number of likely N-dealkylation sites (tertiary alicyclic amines) is 1. The predicted octanol–water partition coefficient (Wildman–Crippen LogP) is 1.73. The van der Waals surface area contributed by atoms with Crippen molar-refractivity contribution in [3.63, 3.8) is 0 Å². The third-order valence-electron chi connectivity index (χ3n) is 8.38. The Balaban J connectivity index is 1.14. The number of hydrogen-bond donors (Lipinski definition) is 1. The van der Waals surface area contributed by atoms with Crippen LogP contribution in [-0.4, -0.2) is 93.8 Å². The number of carboxylic acids is 1. The SMILES string of the molecule is COC(=O)c1cccc(N2C[C@H]3CN(C(=O)c4nc5c(C)cc(N6CCC(C)(C(=O)O)C6)cn5n4)C[C@H]3C2)n1. The Morgan fingerprint density at radius 1 is 1.08 bits per heavy atom. The van der Waals surface area contributed by atoms with Gasteiger partial charge in [0.2, 0.25) is 5.82 Å². The fraction of sp³-hybridized carbons (Fsp3) is 0.481. The number of aliphatic carboxylic acids is 1. The molecule has 1 unspecified atom stereocenters. The molecule has 12 heteroatoms. The zero-order chi connectivity index (χ0) is 27.5. The Morgan fingerprint density at radius 2 is 1.82 bits per heavy atom. The number of aromatic nitrogens is 4. The summed E-state index contributed by atoms with van der Waals surface area (Å²) in [5.74, 6) is 0.0427. The first kappa shape index (κ1) is 25.1. The molecule has 0 aliphatic carbocycles. The smallest absolute Gasteiger partial charge is 0.356 e. The molecule has 3 aromatic heterocycles. The highest BCUT2D eigenvalue weighted by Gasteiger charge is 2.43. The number of methoxy groups -OCH3 is 1. The summed E-state index contributed by atoms with van der Waals surface area (Å²) in [5.41, 5.74) is 1.86. The van der Waals surface area contributed by atoms with Crippen LogP contribution >= 0.6 is 0 Å². The van der Waals surface area contributed by atoms with Crippen LogP contribution in [0.2, 0.25) is 0 Å². The number of fused-ring (bicyclic) bond motifs is 2. The molecule has 3 aliphatic heterocycles. The average Bonchev–Trinajstić information content (AvgIpc) is 3.70. The van der Waals surface area contributed by atoms with Gasteiger partial charge < -0.3 is 24.5 Å². The fourth-order valence-electron chi connectivity index (χ4n) is 6.06. The van der Waals surface area contributed by atoms with Crippen molar-refractivity contribution in [2.75, 3.05) is 56.2 Å². The van der Waals surface area contributed by atoms with Crippen LogP contribution in [0.4, 0.5) is 11.5 Å². The summed E-state index contributed by atoms with van der Waals surface area (Å²) in [6, 6.07) is 7.30. The van der Waals surface area contributed by atoms with Crippen LogP contribution in [0.5, 0.6) is 0 Å². The monoisotopic (exact) mass is 533 g/mol. The second-order valence-corrected chi connectivity index (χ2v) is 11.1. The number of carboxylic acid groups (broad SMARTS) is 1. The van der Waals surface area contributed by atoms with Gasteiger partial charge in [-0.15, -0.1) is 5.10 Å². The standard InChI is InChI=1S/C27H31N7O5/c1-16-9-19(31-8-7-27(2,15-31)26(37)38)14-34-23(16)29-22(30-34)24(35)33-12-17-10-32(11-18(17)13-33)21-6-4-5-20(28-21)25(36)39-3/h4-6,9,14,17-18H,7-8,10-13,15H2,1-3H3,(H,37,38)/t17-,18+,27?. The van der Waals surface area contributed by atoms with Crippen molar-refractivity contribution in [1.82, 2.24) is 24.5 Å². The van der Waals surface area contributed by atoms with Gasteiger partial charge in [-0.1, -0.05) is 6.07 Å². The number of carbonyl (C=O) groups is 3. The molecule has 6 heterocycles. The molecule has 39 heavy (non-hydrogen) atoms. The number of amides is 1. The van der Waals surface area contributed by atoms with E-state index in [9.17, 15) is 19.5 Å². The van der Waals surface area contributed by atoms with E-state index >= 15 is 0 Å². The molecule has 0 saturated carbocycles. The van der Waals surface area contributed by atoms with Gasteiger partial charge in [-0.25, -0.2) is 19.3 Å². The van der Waals surface area contributed by atoms with E-state index in [4.69, 9.17) is 4.74 Å². The van der Waals surface area contributed by atoms with E-state index in [0.29, 0.717) is 50.1 Å². The molecule has 0 aromatic carbocycles. The van der Waals surface area contributed by atoms with Crippen LogP contribution in [0.1, 0.15) is 40.0 Å². The summed E-state index contributed by atoms with van der Waals surface area (Å²) in [6.07, 6.45) is 2.40. The minimum absolute atomic E-state index is 0.163. The summed E-state index contributed by atoms with van der Waals surface area (Å²) >= 11 is 0. The Hall–Kier alpha value is -4.22. The van der Waals surface area contributed by atoms with Crippen molar-refractivity contribution < 1.29 is 24.2 Å². The van der Waals surface area contributed by atoms with Crippen LogP contribution in [-0.2, 0) is 9.53 Å². The molecule has 3 fully saturated rings. The van der Waals surface area contributed by atoms with E-state index in [1.807, 2.05) is 35.1 Å². The summed E-state index contributed by atoms with van der Waals surface area (Å²) < 4.78 is 6.42. The largest absolute Gasteiger partial charge is 0.481 e. The zero-order valence-corrected chi connectivity index (χ0v) is 22.2. The molecule has 1 amide bonds. The number of carbonyl (C=O) groups excluding carboxylic acids is 2. The second kappa shape index (κ2) is 9.21. The van der Waals surface area contributed by atoms with E-state index in [-0.39, 0.29) is 17.4 Å². The predicted molar refractivity (Wildman–Crippen MR) is 141 cm³/mol. The Kier molecular flexibility index (Phi) is 5.92. The van der Waals surface area contributed by atoms with Crippen molar-refractivity contribution in [2.45, 2.75) is 20.3 Å². The minimum Gasteiger partial charge on any atom is -0.481 e. The van der Waals surface area contributed by atoms with Gasteiger partial charge in [0.05, 0.1) is 24.4 Å². The first-order chi connectivity index (χ1) is 18.6. The normalized spacial score (nSPS) is 24.4. The van der Waals surface area contributed by atoms with Crippen LogP contribution in [0, 0.1) is 24.2 Å². The Bertz CT molecular complexity index is 1470. The van der Waals surface area contributed by atoms with Gasteiger partial charge in [0, 0.05) is 51.1 Å². The number of rotatable bonds is 5. The van der Waals surface area contributed by atoms with Gasteiger partial charge in [-0.05, 0) is 44.0 Å². The quantitative estimate of drug-likeness (QED) is 0.483. The third kappa shape index (κ3) is 4.33. The number of hydrogen-bond acceptors (Lipinski definition) is 9. The lowest BCUT2D eigenvalue weighted by atomic mass is 9.90. The first-order valence-corrected chi connectivity index (χ1v) is 13.1. The Morgan fingerprint density at radius 3 is 2.49 bits per heavy atom. The van der Waals surface area contributed by atoms with Gasteiger partial charge in [-0.2, -0.15) is 0 Å². The van der Waals surface area contributed by atoms with Gasteiger partial charge >= 0.3 is 11.9 Å². The van der Waals surface area contributed by atoms with Crippen molar-refractivity contribution in [1.29, 1.82) is 0 Å². The fourth-order valence-corrected chi connectivity index (χ4v) is 6.06.